The largest absolute Gasteiger partial charge is 0.493 e. The highest BCUT2D eigenvalue weighted by atomic mass is 16.5. The zero-order valence-corrected chi connectivity index (χ0v) is 13.2. The van der Waals surface area contributed by atoms with Crippen LogP contribution in [0.5, 0.6) is 17.2 Å². The number of benzene rings is 1. The molecule has 7 nitrogen and oxygen atoms in total. The molecule has 0 atom stereocenters. The molecule has 122 valence electrons. The van der Waals surface area contributed by atoms with Gasteiger partial charge in [-0.1, -0.05) is 0 Å². The maximum absolute atomic E-state index is 11.9. The summed E-state index contributed by atoms with van der Waals surface area (Å²) in [5, 5.41) is 0. The Morgan fingerprint density at radius 3 is 2.35 bits per heavy atom. The Balaban J connectivity index is 2.28. The van der Waals surface area contributed by atoms with Crippen molar-refractivity contribution in [2.24, 2.45) is 0 Å². The molecule has 0 aliphatic rings. The molecule has 1 aromatic heterocycles. The molecular formula is C16H18N2O5. The van der Waals surface area contributed by atoms with E-state index in [0.717, 1.165) is 0 Å². The molecule has 0 aliphatic heterocycles. The molecule has 0 N–H and O–H groups in total. The van der Waals surface area contributed by atoms with E-state index in [9.17, 15) is 4.79 Å². The molecule has 0 amide bonds. The van der Waals surface area contributed by atoms with E-state index in [1.54, 1.807) is 37.6 Å². The Labute approximate surface area is 134 Å². The van der Waals surface area contributed by atoms with Gasteiger partial charge in [0.2, 0.25) is 5.75 Å². The van der Waals surface area contributed by atoms with E-state index in [1.807, 2.05) is 0 Å². The number of carbonyl (C=O) groups is 1. The average Bonchev–Trinajstić information content (AvgIpc) is 2.60. The first kappa shape index (κ1) is 16.5. The van der Waals surface area contributed by atoms with Crippen molar-refractivity contribution in [2.45, 2.75) is 13.5 Å². The van der Waals surface area contributed by atoms with Crippen LogP contribution in [0.4, 0.5) is 0 Å². The minimum atomic E-state index is -0.454. The Morgan fingerprint density at radius 1 is 1.13 bits per heavy atom. The third-order valence-electron chi connectivity index (χ3n) is 2.95. The second kappa shape index (κ2) is 7.98. The Hall–Kier alpha value is -2.83. The molecule has 0 bridgehead atoms. The van der Waals surface area contributed by atoms with E-state index in [-0.39, 0.29) is 13.2 Å². The highest BCUT2D eigenvalue weighted by Gasteiger charge is 2.18. The van der Waals surface area contributed by atoms with E-state index in [4.69, 9.17) is 18.9 Å². The first-order chi connectivity index (χ1) is 11.2. The number of hydrogen-bond acceptors (Lipinski definition) is 7. The predicted octanol–water partition coefficient (Wildman–Crippen LogP) is 2.25. The van der Waals surface area contributed by atoms with Gasteiger partial charge in [0, 0.05) is 12.4 Å². The van der Waals surface area contributed by atoms with Gasteiger partial charge in [-0.05, 0) is 19.1 Å². The number of hydrogen-bond donors (Lipinski definition) is 0. The summed E-state index contributed by atoms with van der Waals surface area (Å²) in [5.74, 6) is 0.672. The molecule has 0 fully saturated rings. The van der Waals surface area contributed by atoms with E-state index in [1.165, 1.54) is 14.2 Å². The number of esters is 1. The third kappa shape index (κ3) is 4.09. The van der Waals surface area contributed by atoms with E-state index >= 15 is 0 Å². The van der Waals surface area contributed by atoms with Crippen molar-refractivity contribution < 1.29 is 23.7 Å². The van der Waals surface area contributed by atoms with Crippen molar-refractivity contribution in [3.8, 4) is 17.2 Å². The Bertz CT molecular complexity index is 636. The maximum atomic E-state index is 11.9. The Morgan fingerprint density at radius 2 is 1.83 bits per heavy atom. The molecule has 2 rings (SSSR count). The lowest BCUT2D eigenvalue weighted by Gasteiger charge is -2.15. The van der Waals surface area contributed by atoms with Crippen molar-refractivity contribution in [3.05, 3.63) is 42.0 Å². The monoisotopic (exact) mass is 318 g/mol. The van der Waals surface area contributed by atoms with Gasteiger partial charge in [0.15, 0.2) is 11.5 Å². The molecule has 0 radical (unpaired) electrons. The first-order valence-electron chi connectivity index (χ1n) is 7.00. The summed E-state index contributed by atoms with van der Waals surface area (Å²) in [6, 6.07) is 3.10. The molecule has 0 saturated heterocycles. The highest BCUT2D eigenvalue weighted by Crippen LogP contribution is 2.39. The van der Waals surface area contributed by atoms with E-state index in [0.29, 0.717) is 28.5 Å². The van der Waals surface area contributed by atoms with Gasteiger partial charge >= 0.3 is 5.97 Å². The normalized spacial score (nSPS) is 10.0. The smallest absolute Gasteiger partial charge is 0.338 e. The lowest BCUT2D eigenvalue weighted by Crippen LogP contribution is -2.07. The summed E-state index contributed by atoms with van der Waals surface area (Å²) < 4.78 is 21.3. The van der Waals surface area contributed by atoms with Crippen LogP contribution in [0, 0.1) is 0 Å². The fourth-order valence-electron chi connectivity index (χ4n) is 1.91. The fraction of sp³-hybridized carbons (Fsp3) is 0.312. The number of carbonyl (C=O) groups excluding carboxylic acids is 1. The van der Waals surface area contributed by atoms with Crippen molar-refractivity contribution in [1.29, 1.82) is 0 Å². The zero-order chi connectivity index (χ0) is 16.7. The number of nitrogens with zero attached hydrogens (tertiary/aromatic N) is 2. The van der Waals surface area contributed by atoms with Gasteiger partial charge in [0.05, 0.1) is 38.3 Å². The predicted molar refractivity (Wildman–Crippen MR) is 81.9 cm³/mol. The van der Waals surface area contributed by atoms with Crippen LogP contribution in [0.25, 0.3) is 0 Å². The molecule has 0 aliphatic carbocycles. The summed E-state index contributed by atoms with van der Waals surface area (Å²) in [6.45, 7) is 2.22. The Kier molecular flexibility index (Phi) is 5.74. The van der Waals surface area contributed by atoms with Crippen molar-refractivity contribution in [3.63, 3.8) is 0 Å². The minimum Gasteiger partial charge on any atom is -0.493 e. The lowest BCUT2D eigenvalue weighted by molar-refractivity contribution is 0.0525. The van der Waals surface area contributed by atoms with Crippen LogP contribution in [0.3, 0.4) is 0 Å². The molecule has 0 saturated carbocycles. The second-order valence-electron chi connectivity index (χ2n) is 4.42. The SMILES string of the molecule is CCOC(=O)c1cc(OC)c(OCc2cnccn2)c(OC)c1. The second-order valence-corrected chi connectivity index (χ2v) is 4.42. The number of ether oxygens (including phenoxy) is 4. The molecule has 1 heterocycles. The van der Waals surface area contributed by atoms with Crippen LogP contribution in [0.2, 0.25) is 0 Å². The summed E-state index contributed by atoms with van der Waals surface area (Å²) in [5.41, 5.74) is 0.985. The van der Waals surface area contributed by atoms with E-state index < -0.39 is 5.97 Å². The van der Waals surface area contributed by atoms with Gasteiger partial charge < -0.3 is 18.9 Å². The number of aromatic nitrogens is 2. The molecule has 7 heteroatoms. The van der Waals surface area contributed by atoms with Crippen LogP contribution in [0.15, 0.2) is 30.7 Å². The van der Waals surface area contributed by atoms with Crippen molar-refractivity contribution >= 4 is 5.97 Å². The van der Waals surface area contributed by atoms with Gasteiger partial charge in [-0.25, -0.2) is 4.79 Å². The van der Waals surface area contributed by atoms with Gasteiger partial charge in [-0.2, -0.15) is 0 Å². The topological polar surface area (TPSA) is 79.8 Å². The molecule has 2 aromatic rings. The minimum absolute atomic E-state index is 0.194. The van der Waals surface area contributed by atoms with Crippen LogP contribution >= 0.6 is 0 Å². The highest BCUT2D eigenvalue weighted by molar-refractivity contribution is 5.91. The third-order valence-corrected chi connectivity index (χ3v) is 2.95. The summed E-state index contributed by atoms with van der Waals surface area (Å²) in [7, 11) is 2.97. The van der Waals surface area contributed by atoms with Crippen LogP contribution in [-0.2, 0) is 11.3 Å². The van der Waals surface area contributed by atoms with Gasteiger partial charge in [-0.3, -0.25) is 9.97 Å². The van der Waals surface area contributed by atoms with E-state index in [2.05, 4.69) is 9.97 Å². The van der Waals surface area contributed by atoms with Gasteiger partial charge in [0.1, 0.15) is 6.61 Å². The molecular weight excluding hydrogens is 300 g/mol. The summed E-state index contributed by atoms with van der Waals surface area (Å²) in [6.07, 6.45) is 4.77. The number of rotatable bonds is 7. The van der Waals surface area contributed by atoms with Gasteiger partial charge in [0.25, 0.3) is 0 Å². The standard InChI is InChI=1S/C16H18N2O5/c1-4-22-16(19)11-7-13(20-2)15(14(8-11)21-3)23-10-12-9-17-5-6-18-12/h5-9H,4,10H2,1-3H3. The summed E-state index contributed by atoms with van der Waals surface area (Å²) >= 11 is 0. The van der Waals surface area contributed by atoms with Crippen molar-refractivity contribution in [2.75, 3.05) is 20.8 Å². The summed E-state index contributed by atoms with van der Waals surface area (Å²) in [4.78, 5) is 20.0. The molecule has 0 unspecified atom stereocenters. The van der Waals surface area contributed by atoms with Crippen LogP contribution in [-0.4, -0.2) is 36.8 Å². The molecule has 23 heavy (non-hydrogen) atoms. The first-order valence-corrected chi connectivity index (χ1v) is 7.00. The average molecular weight is 318 g/mol. The van der Waals surface area contributed by atoms with Crippen LogP contribution in [0.1, 0.15) is 23.0 Å². The quantitative estimate of drug-likeness (QED) is 0.724. The van der Waals surface area contributed by atoms with Crippen LogP contribution < -0.4 is 14.2 Å². The fourth-order valence-corrected chi connectivity index (χ4v) is 1.91. The number of methoxy groups -OCH3 is 2. The van der Waals surface area contributed by atoms with Crippen molar-refractivity contribution in [1.82, 2.24) is 9.97 Å². The van der Waals surface area contributed by atoms with Gasteiger partial charge in [-0.15, -0.1) is 0 Å². The zero-order valence-electron chi connectivity index (χ0n) is 13.2. The molecule has 1 aromatic carbocycles. The maximum Gasteiger partial charge on any atom is 0.338 e. The molecule has 0 spiro atoms. The lowest BCUT2D eigenvalue weighted by atomic mass is 10.2.